The number of hydrogen-bond acceptors (Lipinski definition) is 3. The molecule has 2 aromatic rings. The Morgan fingerprint density at radius 1 is 1.24 bits per heavy atom. The highest BCUT2D eigenvalue weighted by Crippen LogP contribution is 2.23. The molecule has 1 aromatic carbocycles. The zero-order valence-corrected chi connectivity index (χ0v) is 14.4. The SMILES string of the molecule is CCc1nn(CC)c(CNCc2ccccc2OC)c1Br. The average Bonchev–Trinajstić information content (AvgIpc) is 2.83. The predicted molar refractivity (Wildman–Crippen MR) is 88.5 cm³/mol. The van der Waals surface area contributed by atoms with Gasteiger partial charge in [0.15, 0.2) is 0 Å². The van der Waals surface area contributed by atoms with Gasteiger partial charge in [-0.3, -0.25) is 4.68 Å². The second kappa shape index (κ2) is 7.61. The van der Waals surface area contributed by atoms with Crippen molar-refractivity contribution < 1.29 is 4.74 Å². The molecule has 21 heavy (non-hydrogen) atoms. The number of nitrogens with one attached hydrogen (secondary N) is 1. The van der Waals surface area contributed by atoms with Gasteiger partial charge in [-0.25, -0.2) is 0 Å². The van der Waals surface area contributed by atoms with E-state index in [1.165, 1.54) is 5.69 Å². The first-order chi connectivity index (χ1) is 10.2. The molecule has 0 radical (unpaired) electrons. The average molecular weight is 352 g/mol. The van der Waals surface area contributed by atoms with Crippen molar-refractivity contribution in [2.24, 2.45) is 0 Å². The molecule has 5 heteroatoms. The molecule has 0 aliphatic rings. The molecule has 1 heterocycles. The van der Waals surface area contributed by atoms with Crippen molar-refractivity contribution in [2.75, 3.05) is 7.11 Å². The first-order valence-electron chi connectivity index (χ1n) is 7.27. The van der Waals surface area contributed by atoms with E-state index in [1.54, 1.807) is 7.11 Å². The Morgan fingerprint density at radius 2 is 2.00 bits per heavy atom. The summed E-state index contributed by atoms with van der Waals surface area (Å²) in [5.41, 5.74) is 3.48. The quantitative estimate of drug-likeness (QED) is 0.829. The van der Waals surface area contributed by atoms with E-state index in [0.29, 0.717) is 0 Å². The summed E-state index contributed by atoms with van der Waals surface area (Å²) in [6.07, 6.45) is 0.938. The van der Waals surface area contributed by atoms with Crippen molar-refractivity contribution in [1.29, 1.82) is 0 Å². The molecule has 0 aliphatic carbocycles. The molecule has 0 fully saturated rings. The summed E-state index contributed by atoms with van der Waals surface area (Å²) in [6, 6.07) is 8.08. The maximum Gasteiger partial charge on any atom is 0.123 e. The van der Waals surface area contributed by atoms with Crippen molar-refractivity contribution in [3.8, 4) is 5.75 Å². The zero-order valence-electron chi connectivity index (χ0n) is 12.8. The van der Waals surface area contributed by atoms with Gasteiger partial charge >= 0.3 is 0 Å². The van der Waals surface area contributed by atoms with Crippen molar-refractivity contribution in [3.05, 3.63) is 45.7 Å². The van der Waals surface area contributed by atoms with Gasteiger partial charge in [0.1, 0.15) is 5.75 Å². The third-order valence-corrected chi connectivity index (χ3v) is 4.41. The fourth-order valence-electron chi connectivity index (χ4n) is 2.35. The van der Waals surface area contributed by atoms with Crippen LogP contribution >= 0.6 is 15.9 Å². The fourth-order valence-corrected chi connectivity index (χ4v) is 3.06. The largest absolute Gasteiger partial charge is 0.496 e. The molecule has 0 saturated heterocycles. The molecule has 0 amide bonds. The maximum absolute atomic E-state index is 5.37. The number of hydrogen-bond donors (Lipinski definition) is 1. The number of methoxy groups -OCH3 is 1. The zero-order chi connectivity index (χ0) is 15.2. The Bertz CT molecular complexity index is 595. The molecule has 0 bridgehead atoms. The Morgan fingerprint density at radius 3 is 2.67 bits per heavy atom. The minimum Gasteiger partial charge on any atom is -0.496 e. The molecule has 0 spiro atoms. The summed E-state index contributed by atoms with van der Waals surface area (Å²) < 4.78 is 8.55. The van der Waals surface area contributed by atoms with Crippen molar-refractivity contribution in [1.82, 2.24) is 15.1 Å². The first kappa shape index (κ1) is 16.0. The van der Waals surface area contributed by atoms with E-state index < -0.39 is 0 Å². The highest BCUT2D eigenvalue weighted by atomic mass is 79.9. The first-order valence-corrected chi connectivity index (χ1v) is 8.07. The van der Waals surface area contributed by atoms with E-state index in [9.17, 15) is 0 Å². The summed E-state index contributed by atoms with van der Waals surface area (Å²) in [5.74, 6) is 0.919. The summed E-state index contributed by atoms with van der Waals surface area (Å²) in [7, 11) is 1.70. The van der Waals surface area contributed by atoms with E-state index in [4.69, 9.17) is 4.74 Å². The van der Waals surface area contributed by atoms with Gasteiger partial charge in [0.2, 0.25) is 0 Å². The van der Waals surface area contributed by atoms with Crippen LogP contribution in [0.4, 0.5) is 0 Å². The lowest BCUT2D eigenvalue weighted by Gasteiger charge is -2.10. The molecule has 1 aromatic heterocycles. The molecule has 1 N–H and O–H groups in total. The number of benzene rings is 1. The van der Waals surface area contributed by atoms with Crippen LogP contribution in [0, 0.1) is 0 Å². The van der Waals surface area contributed by atoms with E-state index in [2.05, 4.69) is 50.9 Å². The molecule has 4 nitrogen and oxygen atoms in total. The van der Waals surface area contributed by atoms with Gasteiger partial charge in [-0.2, -0.15) is 5.10 Å². The van der Waals surface area contributed by atoms with Crippen LogP contribution in [-0.2, 0) is 26.1 Å². The molecule has 2 rings (SSSR count). The van der Waals surface area contributed by atoms with Gasteiger partial charge in [0.25, 0.3) is 0 Å². The topological polar surface area (TPSA) is 39.1 Å². The minimum absolute atomic E-state index is 0.771. The van der Waals surface area contributed by atoms with E-state index in [-0.39, 0.29) is 0 Å². The number of rotatable bonds is 7. The van der Waals surface area contributed by atoms with Crippen LogP contribution in [0.2, 0.25) is 0 Å². The van der Waals surface area contributed by atoms with Gasteiger partial charge in [0, 0.05) is 25.2 Å². The Labute approximate surface area is 134 Å². The highest BCUT2D eigenvalue weighted by molar-refractivity contribution is 9.10. The molecule has 0 unspecified atom stereocenters. The van der Waals surface area contributed by atoms with E-state index >= 15 is 0 Å². The Balaban J connectivity index is 2.05. The predicted octanol–water partition coefficient (Wildman–Crippen LogP) is 3.53. The third kappa shape index (κ3) is 3.66. The molecule has 0 saturated carbocycles. The second-order valence-electron chi connectivity index (χ2n) is 4.79. The molecular formula is C16H22BrN3O. The minimum atomic E-state index is 0.771. The lowest BCUT2D eigenvalue weighted by Crippen LogP contribution is -2.17. The third-order valence-electron chi connectivity index (χ3n) is 3.49. The molecular weight excluding hydrogens is 330 g/mol. The molecule has 0 atom stereocenters. The van der Waals surface area contributed by atoms with Crippen LogP contribution in [-0.4, -0.2) is 16.9 Å². The number of aromatic nitrogens is 2. The lowest BCUT2D eigenvalue weighted by molar-refractivity contribution is 0.407. The van der Waals surface area contributed by atoms with Crippen molar-refractivity contribution in [2.45, 2.75) is 39.9 Å². The van der Waals surface area contributed by atoms with Crippen LogP contribution < -0.4 is 10.1 Å². The summed E-state index contributed by atoms with van der Waals surface area (Å²) >= 11 is 3.67. The summed E-state index contributed by atoms with van der Waals surface area (Å²) in [4.78, 5) is 0. The second-order valence-corrected chi connectivity index (χ2v) is 5.59. The van der Waals surface area contributed by atoms with Crippen LogP contribution in [0.5, 0.6) is 5.75 Å². The van der Waals surface area contributed by atoms with Crippen LogP contribution in [0.3, 0.4) is 0 Å². The summed E-state index contributed by atoms with van der Waals surface area (Å²) in [6.45, 7) is 6.66. The number of para-hydroxylation sites is 1. The number of ether oxygens (including phenoxy) is 1. The Hall–Kier alpha value is -1.33. The molecule has 114 valence electrons. The maximum atomic E-state index is 5.37. The van der Waals surface area contributed by atoms with Crippen LogP contribution in [0.15, 0.2) is 28.7 Å². The van der Waals surface area contributed by atoms with Crippen LogP contribution in [0.1, 0.15) is 30.8 Å². The van der Waals surface area contributed by atoms with Gasteiger partial charge in [-0.15, -0.1) is 0 Å². The van der Waals surface area contributed by atoms with Gasteiger partial charge < -0.3 is 10.1 Å². The van der Waals surface area contributed by atoms with E-state index in [1.807, 2.05) is 18.2 Å². The standard InChI is InChI=1S/C16H22BrN3O/c1-4-13-16(17)14(20(5-2)19-13)11-18-10-12-8-6-7-9-15(12)21-3/h6-9,18H,4-5,10-11H2,1-3H3. The van der Waals surface area contributed by atoms with Gasteiger partial charge in [-0.05, 0) is 35.3 Å². The monoisotopic (exact) mass is 351 g/mol. The normalized spacial score (nSPS) is 10.9. The molecule has 0 aliphatic heterocycles. The van der Waals surface area contributed by atoms with Gasteiger partial charge in [0.05, 0.1) is 23.0 Å². The van der Waals surface area contributed by atoms with Gasteiger partial charge in [-0.1, -0.05) is 25.1 Å². The van der Waals surface area contributed by atoms with Crippen molar-refractivity contribution in [3.63, 3.8) is 0 Å². The Kier molecular flexibility index (Phi) is 5.82. The highest BCUT2D eigenvalue weighted by Gasteiger charge is 2.13. The number of aryl methyl sites for hydroxylation is 2. The number of halogens is 1. The van der Waals surface area contributed by atoms with Crippen molar-refractivity contribution >= 4 is 15.9 Å². The summed E-state index contributed by atoms with van der Waals surface area (Å²) in [5, 5.41) is 8.09. The smallest absolute Gasteiger partial charge is 0.123 e. The number of nitrogens with zero attached hydrogens (tertiary/aromatic N) is 2. The lowest BCUT2D eigenvalue weighted by atomic mass is 10.2. The van der Waals surface area contributed by atoms with Crippen LogP contribution in [0.25, 0.3) is 0 Å². The fraction of sp³-hybridized carbons (Fsp3) is 0.438. The van der Waals surface area contributed by atoms with E-state index in [0.717, 1.165) is 47.5 Å².